The summed E-state index contributed by atoms with van der Waals surface area (Å²) in [6, 6.07) is 2.84. The molecule has 1 aromatic carbocycles. The molecule has 1 aliphatic rings. The van der Waals surface area contributed by atoms with Gasteiger partial charge in [-0.25, -0.2) is 0 Å². The molecule has 1 heterocycles. The molecular weight excluding hydrogens is 291 g/mol. The van der Waals surface area contributed by atoms with Gasteiger partial charge in [0, 0.05) is 18.9 Å². The molecule has 0 saturated carbocycles. The number of halogens is 2. The van der Waals surface area contributed by atoms with Crippen molar-refractivity contribution in [3.63, 3.8) is 0 Å². The normalized spacial score (nSPS) is 18.1. The number of nitrogens with one attached hydrogen (secondary N) is 1. The van der Waals surface area contributed by atoms with Gasteiger partial charge in [0.1, 0.15) is 5.54 Å². The van der Waals surface area contributed by atoms with Crippen LogP contribution in [0.1, 0.15) is 12.8 Å². The van der Waals surface area contributed by atoms with Gasteiger partial charge in [-0.3, -0.25) is 4.79 Å². The standard InChI is InChI=1S/C12H14Cl2N2O3/c13-8-5-7(6-9(14)10(8)17)16-11(18)12(15)1-3-19-4-2-12/h5-6,17H,1-4,15H2,(H,16,18). The molecule has 0 radical (unpaired) electrons. The third-order valence-corrected chi connectivity index (χ3v) is 3.69. The van der Waals surface area contributed by atoms with Crippen molar-refractivity contribution in [1.29, 1.82) is 0 Å². The number of carbonyl (C=O) groups excluding carboxylic acids is 1. The van der Waals surface area contributed by atoms with Gasteiger partial charge in [-0.05, 0) is 25.0 Å². The van der Waals surface area contributed by atoms with Crippen molar-refractivity contribution in [2.75, 3.05) is 18.5 Å². The number of carbonyl (C=O) groups is 1. The lowest BCUT2D eigenvalue weighted by atomic mass is 9.90. The second kappa shape index (κ2) is 5.54. The van der Waals surface area contributed by atoms with E-state index in [9.17, 15) is 9.90 Å². The Bertz CT molecular complexity index is 479. The summed E-state index contributed by atoms with van der Waals surface area (Å²) in [6.07, 6.45) is 0.913. The van der Waals surface area contributed by atoms with Crippen LogP contribution in [-0.2, 0) is 9.53 Å². The number of rotatable bonds is 2. The number of nitrogens with two attached hydrogens (primary N) is 1. The van der Waals surface area contributed by atoms with Crippen molar-refractivity contribution in [2.45, 2.75) is 18.4 Å². The van der Waals surface area contributed by atoms with E-state index in [0.29, 0.717) is 31.7 Å². The zero-order chi connectivity index (χ0) is 14.0. The molecule has 1 aromatic rings. The second-order valence-corrected chi connectivity index (χ2v) is 5.33. The maximum atomic E-state index is 12.2. The van der Waals surface area contributed by atoms with Crippen LogP contribution in [-0.4, -0.2) is 29.8 Å². The van der Waals surface area contributed by atoms with E-state index in [2.05, 4.69) is 5.32 Å². The van der Waals surface area contributed by atoms with Crippen LogP contribution in [0.25, 0.3) is 0 Å². The number of phenolic OH excluding ortho intramolecular Hbond substituents is 1. The number of hydrogen-bond acceptors (Lipinski definition) is 4. The van der Waals surface area contributed by atoms with E-state index >= 15 is 0 Å². The smallest absolute Gasteiger partial charge is 0.244 e. The van der Waals surface area contributed by atoms with Crippen LogP contribution < -0.4 is 11.1 Å². The lowest BCUT2D eigenvalue weighted by Crippen LogP contribution is -2.54. The monoisotopic (exact) mass is 304 g/mol. The van der Waals surface area contributed by atoms with Gasteiger partial charge in [-0.15, -0.1) is 0 Å². The van der Waals surface area contributed by atoms with Gasteiger partial charge in [0.25, 0.3) is 0 Å². The molecular formula is C12H14Cl2N2O3. The van der Waals surface area contributed by atoms with E-state index in [1.54, 1.807) is 0 Å². The van der Waals surface area contributed by atoms with Gasteiger partial charge in [0.05, 0.1) is 10.0 Å². The summed E-state index contributed by atoms with van der Waals surface area (Å²) in [6.45, 7) is 0.919. The summed E-state index contributed by atoms with van der Waals surface area (Å²) >= 11 is 11.6. The molecule has 1 amide bonds. The molecule has 19 heavy (non-hydrogen) atoms. The van der Waals surface area contributed by atoms with E-state index < -0.39 is 5.54 Å². The predicted octanol–water partition coefficient (Wildman–Crippen LogP) is 2.15. The first kappa shape index (κ1) is 14.4. The van der Waals surface area contributed by atoms with Crippen LogP contribution in [0.15, 0.2) is 12.1 Å². The molecule has 0 aliphatic carbocycles. The number of hydrogen-bond donors (Lipinski definition) is 3. The van der Waals surface area contributed by atoms with Crippen molar-refractivity contribution in [2.24, 2.45) is 5.73 Å². The molecule has 4 N–H and O–H groups in total. The van der Waals surface area contributed by atoms with Gasteiger partial charge >= 0.3 is 0 Å². The Morgan fingerprint density at radius 2 is 1.84 bits per heavy atom. The van der Waals surface area contributed by atoms with Crippen LogP contribution in [0, 0.1) is 0 Å². The van der Waals surface area contributed by atoms with Crippen molar-refractivity contribution in [3.8, 4) is 5.75 Å². The minimum atomic E-state index is -0.949. The Kier molecular flexibility index (Phi) is 4.20. The highest BCUT2D eigenvalue weighted by Crippen LogP contribution is 2.35. The van der Waals surface area contributed by atoms with Crippen LogP contribution >= 0.6 is 23.2 Å². The van der Waals surface area contributed by atoms with Gasteiger partial charge in [-0.2, -0.15) is 0 Å². The van der Waals surface area contributed by atoms with Crippen LogP contribution in [0.5, 0.6) is 5.75 Å². The third kappa shape index (κ3) is 3.12. The van der Waals surface area contributed by atoms with E-state index in [1.807, 2.05) is 0 Å². The fourth-order valence-electron chi connectivity index (χ4n) is 1.86. The molecule has 2 rings (SSSR count). The first-order valence-corrected chi connectivity index (χ1v) is 6.54. The van der Waals surface area contributed by atoms with Crippen LogP contribution in [0.2, 0.25) is 10.0 Å². The Labute approximate surface area is 120 Å². The van der Waals surface area contributed by atoms with Crippen LogP contribution in [0.3, 0.4) is 0 Å². The van der Waals surface area contributed by atoms with Crippen molar-refractivity contribution < 1.29 is 14.6 Å². The van der Waals surface area contributed by atoms with E-state index in [-0.39, 0.29) is 21.7 Å². The number of benzene rings is 1. The quantitative estimate of drug-likeness (QED) is 0.731. The molecule has 0 spiro atoms. The molecule has 7 heteroatoms. The fraction of sp³-hybridized carbons (Fsp3) is 0.417. The number of amides is 1. The molecule has 1 aliphatic heterocycles. The van der Waals surface area contributed by atoms with Crippen molar-refractivity contribution >= 4 is 34.8 Å². The average molecular weight is 305 g/mol. The van der Waals surface area contributed by atoms with Gasteiger partial charge in [-0.1, -0.05) is 23.2 Å². The maximum absolute atomic E-state index is 12.2. The highest BCUT2D eigenvalue weighted by Gasteiger charge is 2.36. The summed E-state index contributed by atoms with van der Waals surface area (Å²) in [5, 5.41) is 12.2. The Balaban J connectivity index is 2.14. The lowest BCUT2D eigenvalue weighted by Gasteiger charge is -2.31. The first-order chi connectivity index (χ1) is 8.92. The highest BCUT2D eigenvalue weighted by atomic mass is 35.5. The zero-order valence-electron chi connectivity index (χ0n) is 10.1. The maximum Gasteiger partial charge on any atom is 0.244 e. The molecule has 5 nitrogen and oxygen atoms in total. The summed E-state index contributed by atoms with van der Waals surface area (Å²) in [7, 11) is 0. The average Bonchev–Trinajstić information content (AvgIpc) is 2.36. The Morgan fingerprint density at radius 1 is 1.32 bits per heavy atom. The SMILES string of the molecule is NC1(C(=O)Nc2cc(Cl)c(O)c(Cl)c2)CCOCC1. The summed E-state index contributed by atoms with van der Waals surface area (Å²) in [5.74, 6) is -0.525. The largest absolute Gasteiger partial charge is 0.505 e. The molecule has 0 atom stereocenters. The molecule has 1 saturated heterocycles. The summed E-state index contributed by atoms with van der Waals surface area (Å²) in [4.78, 5) is 12.2. The molecule has 0 bridgehead atoms. The lowest BCUT2D eigenvalue weighted by molar-refractivity contribution is -0.124. The van der Waals surface area contributed by atoms with Crippen molar-refractivity contribution in [3.05, 3.63) is 22.2 Å². The molecule has 1 fully saturated rings. The minimum absolute atomic E-state index is 0.0702. The van der Waals surface area contributed by atoms with Gasteiger partial charge in [0.2, 0.25) is 5.91 Å². The second-order valence-electron chi connectivity index (χ2n) is 4.51. The van der Waals surface area contributed by atoms with E-state index in [0.717, 1.165) is 0 Å². The molecule has 0 unspecified atom stereocenters. The van der Waals surface area contributed by atoms with Crippen molar-refractivity contribution in [1.82, 2.24) is 0 Å². The third-order valence-electron chi connectivity index (χ3n) is 3.11. The number of ether oxygens (including phenoxy) is 1. The highest BCUT2D eigenvalue weighted by molar-refractivity contribution is 6.37. The zero-order valence-corrected chi connectivity index (χ0v) is 11.6. The Morgan fingerprint density at radius 3 is 2.37 bits per heavy atom. The molecule has 104 valence electrons. The van der Waals surface area contributed by atoms with Gasteiger partial charge < -0.3 is 20.9 Å². The Hall–Kier alpha value is -1.01. The number of aromatic hydroxyl groups is 1. The van der Waals surface area contributed by atoms with Crippen LogP contribution in [0.4, 0.5) is 5.69 Å². The minimum Gasteiger partial charge on any atom is -0.505 e. The number of phenols is 1. The van der Waals surface area contributed by atoms with Gasteiger partial charge in [0.15, 0.2) is 5.75 Å². The van der Waals surface area contributed by atoms with E-state index in [4.69, 9.17) is 33.7 Å². The summed E-state index contributed by atoms with van der Waals surface area (Å²) < 4.78 is 5.18. The molecule has 0 aromatic heterocycles. The predicted molar refractivity (Wildman–Crippen MR) is 73.7 cm³/mol. The van der Waals surface area contributed by atoms with E-state index in [1.165, 1.54) is 12.1 Å². The fourth-order valence-corrected chi connectivity index (χ4v) is 2.34. The first-order valence-electron chi connectivity index (χ1n) is 5.78. The summed E-state index contributed by atoms with van der Waals surface area (Å²) in [5.41, 5.74) is 5.50. The topological polar surface area (TPSA) is 84.6 Å². The number of anilines is 1.